The molecule has 8 heteroatoms. The summed E-state index contributed by atoms with van der Waals surface area (Å²) in [5, 5.41) is 3.40. The Morgan fingerprint density at radius 1 is 1.15 bits per heavy atom. The van der Waals surface area contributed by atoms with E-state index in [1.54, 1.807) is 4.90 Å². The number of likely N-dealkylation sites (N-methyl/N-ethyl adjacent to an activating group) is 2. The van der Waals surface area contributed by atoms with E-state index in [9.17, 15) is 14.4 Å². The van der Waals surface area contributed by atoms with E-state index in [1.807, 2.05) is 20.9 Å². The minimum absolute atomic E-state index is 0.0321. The summed E-state index contributed by atoms with van der Waals surface area (Å²) in [5.41, 5.74) is 7.02. The molecule has 2 rings (SSSR count). The van der Waals surface area contributed by atoms with Crippen molar-refractivity contribution in [3.8, 4) is 0 Å². The molecular formula is C18H29N4O3S+. The topological polar surface area (TPSA) is 96.9 Å². The van der Waals surface area contributed by atoms with Gasteiger partial charge in [-0.05, 0) is 45.1 Å². The van der Waals surface area contributed by atoms with Gasteiger partial charge in [0.25, 0.3) is 17.7 Å². The molecule has 0 fully saturated rings. The van der Waals surface area contributed by atoms with Crippen molar-refractivity contribution >= 4 is 34.1 Å². The van der Waals surface area contributed by atoms with Crippen molar-refractivity contribution in [2.45, 2.75) is 39.5 Å². The summed E-state index contributed by atoms with van der Waals surface area (Å²) in [6.45, 7) is 5.63. The number of fused-ring (bicyclic) bond motifs is 1. The van der Waals surface area contributed by atoms with Crippen LogP contribution >= 0.6 is 11.3 Å². The van der Waals surface area contributed by atoms with E-state index in [0.29, 0.717) is 23.7 Å². The van der Waals surface area contributed by atoms with Crippen LogP contribution in [0.2, 0.25) is 0 Å². The monoisotopic (exact) mass is 381 g/mol. The Hall–Kier alpha value is -1.93. The molecule has 1 heterocycles. The van der Waals surface area contributed by atoms with E-state index in [0.717, 1.165) is 41.0 Å². The Balaban J connectivity index is 2.00. The SMILES string of the molecule is CCN(CC)C(=O)C[NH+](C)CC(=O)Nc1sc2c(c1C(N)=O)CCCC2. The molecule has 1 aliphatic rings. The van der Waals surface area contributed by atoms with Crippen LogP contribution in [0.1, 0.15) is 47.5 Å². The third kappa shape index (κ3) is 4.82. The average molecular weight is 382 g/mol. The van der Waals surface area contributed by atoms with Crippen molar-refractivity contribution < 1.29 is 19.3 Å². The van der Waals surface area contributed by atoms with Gasteiger partial charge >= 0.3 is 0 Å². The highest BCUT2D eigenvalue weighted by Gasteiger charge is 2.26. The summed E-state index contributed by atoms with van der Waals surface area (Å²) in [7, 11) is 1.81. The van der Waals surface area contributed by atoms with Crippen molar-refractivity contribution in [1.82, 2.24) is 4.90 Å². The van der Waals surface area contributed by atoms with Crippen LogP contribution in [0, 0.1) is 0 Å². The maximum absolute atomic E-state index is 12.4. The Kier molecular flexibility index (Phi) is 7.16. The summed E-state index contributed by atoms with van der Waals surface area (Å²) < 4.78 is 0. The van der Waals surface area contributed by atoms with Crippen LogP contribution in [-0.4, -0.2) is 55.8 Å². The highest BCUT2D eigenvalue weighted by atomic mass is 32.1. The number of amides is 3. The zero-order chi connectivity index (χ0) is 19.3. The van der Waals surface area contributed by atoms with Crippen LogP contribution in [0.25, 0.3) is 0 Å². The standard InChI is InChI=1S/C18H28N4O3S/c1-4-22(5-2)15(24)11-21(3)10-14(23)20-18-16(17(19)25)12-8-6-7-9-13(12)26-18/h4-11H2,1-3H3,(H2,19,25)(H,20,23)/p+1. The Labute approximate surface area is 158 Å². The lowest BCUT2D eigenvalue weighted by Gasteiger charge is -2.20. The van der Waals surface area contributed by atoms with Crippen LogP contribution in [0.4, 0.5) is 5.00 Å². The lowest BCUT2D eigenvalue weighted by atomic mass is 9.95. The van der Waals surface area contributed by atoms with Crippen molar-refractivity contribution in [2.75, 3.05) is 38.5 Å². The Bertz CT molecular complexity index is 682. The number of nitrogens with one attached hydrogen (secondary N) is 2. The number of hydrogen-bond donors (Lipinski definition) is 3. The van der Waals surface area contributed by atoms with Gasteiger partial charge < -0.3 is 20.9 Å². The van der Waals surface area contributed by atoms with E-state index in [1.165, 1.54) is 11.3 Å². The fourth-order valence-corrected chi connectivity index (χ4v) is 4.68. The number of rotatable bonds is 8. The lowest BCUT2D eigenvalue weighted by Crippen LogP contribution is -3.11. The van der Waals surface area contributed by atoms with E-state index >= 15 is 0 Å². The van der Waals surface area contributed by atoms with Gasteiger partial charge in [-0.3, -0.25) is 14.4 Å². The molecule has 4 N–H and O–H groups in total. The molecular weight excluding hydrogens is 352 g/mol. The average Bonchev–Trinajstić information content (AvgIpc) is 2.93. The smallest absolute Gasteiger partial charge is 0.280 e. The fraction of sp³-hybridized carbons (Fsp3) is 0.611. The molecule has 0 spiro atoms. The second kappa shape index (κ2) is 9.14. The molecule has 1 aromatic rings. The first kappa shape index (κ1) is 20.4. The van der Waals surface area contributed by atoms with Crippen LogP contribution in [-0.2, 0) is 22.4 Å². The molecule has 0 aromatic carbocycles. The maximum atomic E-state index is 12.4. The number of anilines is 1. The molecule has 0 bridgehead atoms. The highest BCUT2D eigenvalue weighted by molar-refractivity contribution is 7.17. The normalized spacial score (nSPS) is 14.4. The third-order valence-electron chi connectivity index (χ3n) is 4.70. The van der Waals surface area contributed by atoms with E-state index in [4.69, 9.17) is 5.73 Å². The first-order valence-electron chi connectivity index (χ1n) is 9.20. The second-order valence-corrected chi connectivity index (χ2v) is 7.81. The van der Waals surface area contributed by atoms with E-state index in [2.05, 4.69) is 5.32 Å². The van der Waals surface area contributed by atoms with Gasteiger partial charge in [-0.25, -0.2) is 0 Å². The summed E-state index contributed by atoms with van der Waals surface area (Å²) in [4.78, 5) is 40.1. The molecule has 1 unspecified atom stereocenters. The van der Waals surface area contributed by atoms with Gasteiger partial charge in [0.15, 0.2) is 13.1 Å². The molecule has 144 valence electrons. The molecule has 3 amide bonds. The summed E-state index contributed by atoms with van der Waals surface area (Å²) in [6, 6.07) is 0. The molecule has 0 aliphatic heterocycles. The number of nitrogens with zero attached hydrogens (tertiary/aromatic N) is 1. The summed E-state index contributed by atoms with van der Waals surface area (Å²) >= 11 is 1.45. The zero-order valence-electron chi connectivity index (χ0n) is 15.8. The van der Waals surface area contributed by atoms with Gasteiger partial charge in [0.1, 0.15) is 5.00 Å². The molecule has 0 radical (unpaired) electrons. The molecule has 1 aliphatic carbocycles. The predicted octanol–water partition coefficient (Wildman–Crippen LogP) is 0.0474. The number of thiophene rings is 1. The molecule has 0 saturated carbocycles. The van der Waals surface area contributed by atoms with E-state index in [-0.39, 0.29) is 24.9 Å². The van der Waals surface area contributed by atoms with Crippen molar-refractivity contribution in [3.63, 3.8) is 0 Å². The van der Waals surface area contributed by atoms with Crippen molar-refractivity contribution in [2.24, 2.45) is 5.73 Å². The minimum Gasteiger partial charge on any atom is -0.365 e. The zero-order valence-corrected chi connectivity index (χ0v) is 16.6. The molecule has 26 heavy (non-hydrogen) atoms. The summed E-state index contributed by atoms with van der Waals surface area (Å²) in [5.74, 6) is -0.669. The Morgan fingerprint density at radius 3 is 2.42 bits per heavy atom. The molecule has 7 nitrogen and oxygen atoms in total. The number of nitrogens with two attached hydrogens (primary N) is 1. The number of aryl methyl sites for hydroxylation is 1. The van der Waals surface area contributed by atoms with Gasteiger partial charge in [0, 0.05) is 18.0 Å². The highest BCUT2D eigenvalue weighted by Crippen LogP contribution is 2.37. The third-order valence-corrected chi connectivity index (χ3v) is 5.91. The van der Waals surface area contributed by atoms with Gasteiger partial charge in [0.2, 0.25) is 0 Å². The van der Waals surface area contributed by atoms with Gasteiger partial charge in [-0.1, -0.05) is 0 Å². The maximum Gasteiger partial charge on any atom is 0.280 e. The first-order valence-corrected chi connectivity index (χ1v) is 10.0. The fourth-order valence-electron chi connectivity index (χ4n) is 3.37. The van der Waals surface area contributed by atoms with Crippen LogP contribution in [0.15, 0.2) is 0 Å². The van der Waals surface area contributed by atoms with Gasteiger partial charge in [-0.2, -0.15) is 0 Å². The first-order chi connectivity index (χ1) is 12.4. The van der Waals surface area contributed by atoms with Crippen LogP contribution in [0.5, 0.6) is 0 Å². The largest absolute Gasteiger partial charge is 0.365 e. The molecule has 1 atom stereocenters. The number of carbonyl (C=O) groups is 3. The predicted molar refractivity (Wildman–Crippen MR) is 103 cm³/mol. The van der Waals surface area contributed by atoms with Gasteiger partial charge in [0.05, 0.1) is 12.6 Å². The lowest BCUT2D eigenvalue weighted by molar-refractivity contribution is -0.862. The Morgan fingerprint density at radius 2 is 1.81 bits per heavy atom. The molecule has 1 aromatic heterocycles. The van der Waals surface area contributed by atoms with Crippen LogP contribution in [0.3, 0.4) is 0 Å². The quantitative estimate of drug-likeness (QED) is 0.593. The second-order valence-electron chi connectivity index (χ2n) is 6.70. The minimum atomic E-state index is -0.489. The summed E-state index contributed by atoms with van der Waals surface area (Å²) in [6.07, 6.45) is 3.90. The van der Waals surface area contributed by atoms with Gasteiger partial charge in [-0.15, -0.1) is 11.3 Å². The van der Waals surface area contributed by atoms with E-state index < -0.39 is 5.91 Å². The number of hydrogen-bond acceptors (Lipinski definition) is 4. The number of quaternary nitrogens is 1. The number of carbonyl (C=O) groups excluding carboxylic acids is 3. The van der Waals surface area contributed by atoms with Crippen molar-refractivity contribution in [3.05, 3.63) is 16.0 Å². The number of primary amides is 1. The van der Waals surface area contributed by atoms with Crippen molar-refractivity contribution in [1.29, 1.82) is 0 Å². The van der Waals surface area contributed by atoms with Crippen LogP contribution < -0.4 is 16.0 Å². The molecule has 0 saturated heterocycles.